The second-order valence-corrected chi connectivity index (χ2v) is 4.28. The van der Waals surface area contributed by atoms with Crippen molar-refractivity contribution in [3.05, 3.63) is 23.3 Å². The summed E-state index contributed by atoms with van der Waals surface area (Å²) < 4.78 is 0. The SMILES string of the molecule is Cc1c(NN2C=NCC2)ccc2c1NCC2. The van der Waals surface area contributed by atoms with Gasteiger partial charge in [0.15, 0.2) is 0 Å². The topological polar surface area (TPSA) is 39.7 Å². The van der Waals surface area contributed by atoms with Crippen LogP contribution in [0.3, 0.4) is 0 Å². The zero-order chi connectivity index (χ0) is 11.0. The average molecular weight is 216 g/mol. The normalized spacial score (nSPS) is 17.4. The van der Waals surface area contributed by atoms with Crippen LogP contribution in [0.2, 0.25) is 0 Å². The Kier molecular flexibility index (Phi) is 2.20. The molecule has 1 aromatic carbocycles. The lowest BCUT2D eigenvalue weighted by molar-refractivity contribution is 0.557. The van der Waals surface area contributed by atoms with Gasteiger partial charge in [0.25, 0.3) is 0 Å². The summed E-state index contributed by atoms with van der Waals surface area (Å²) in [5, 5.41) is 5.47. The van der Waals surface area contributed by atoms with Gasteiger partial charge in [-0.25, -0.2) is 0 Å². The van der Waals surface area contributed by atoms with Gasteiger partial charge < -0.3 is 5.32 Å². The molecule has 0 saturated carbocycles. The average Bonchev–Trinajstić information content (AvgIpc) is 2.93. The summed E-state index contributed by atoms with van der Waals surface area (Å²) >= 11 is 0. The highest BCUT2D eigenvalue weighted by Gasteiger charge is 2.15. The van der Waals surface area contributed by atoms with Gasteiger partial charge in [-0.05, 0) is 30.5 Å². The van der Waals surface area contributed by atoms with Gasteiger partial charge >= 0.3 is 0 Å². The van der Waals surface area contributed by atoms with E-state index in [0.29, 0.717) is 0 Å². The van der Waals surface area contributed by atoms with E-state index in [9.17, 15) is 0 Å². The third kappa shape index (κ3) is 1.50. The standard InChI is InChI=1S/C12H16N4/c1-9-11(15-16-7-6-13-8-16)3-2-10-4-5-14-12(9)10/h2-3,8,14-15H,4-7H2,1H3. The molecule has 2 heterocycles. The number of aliphatic imine (C=N–C) groups is 1. The van der Waals surface area contributed by atoms with Gasteiger partial charge in [0.05, 0.1) is 18.8 Å². The van der Waals surface area contributed by atoms with E-state index in [1.54, 1.807) is 0 Å². The molecule has 84 valence electrons. The fourth-order valence-electron chi connectivity index (χ4n) is 2.28. The number of anilines is 2. The molecule has 0 atom stereocenters. The molecule has 0 fully saturated rings. The van der Waals surface area contributed by atoms with Crippen LogP contribution in [0.25, 0.3) is 0 Å². The van der Waals surface area contributed by atoms with Gasteiger partial charge in [0.2, 0.25) is 0 Å². The first-order valence-corrected chi connectivity index (χ1v) is 5.74. The summed E-state index contributed by atoms with van der Waals surface area (Å²) in [7, 11) is 0. The van der Waals surface area contributed by atoms with Crippen LogP contribution in [0.15, 0.2) is 17.1 Å². The molecule has 4 nitrogen and oxygen atoms in total. The fourth-order valence-corrected chi connectivity index (χ4v) is 2.28. The van der Waals surface area contributed by atoms with Crippen LogP contribution < -0.4 is 10.7 Å². The van der Waals surface area contributed by atoms with E-state index in [1.165, 1.54) is 22.5 Å². The van der Waals surface area contributed by atoms with Crippen molar-refractivity contribution in [1.82, 2.24) is 5.01 Å². The van der Waals surface area contributed by atoms with Crippen molar-refractivity contribution in [2.24, 2.45) is 4.99 Å². The predicted octanol–water partition coefficient (Wildman–Crippen LogP) is 1.63. The Morgan fingerprint density at radius 1 is 1.44 bits per heavy atom. The third-order valence-corrected chi connectivity index (χ3v) is 3.20. The first-order valence-electron chi connectivity index (χ1n) is 5.74. The van der Waals surface area contributed by atoms with E-state index in [0.717, 1.165) is 26.1 Å². The number of nitrogens with zero attached hydrogens (tertiary/aromatic N) is 2. The zero-order valence-corrected chi connectivity index (χ0v) is 9.45. The number of nitrogens with one attached hydrogen (secondary N) is 2. The molecule has 0 saturated heterocycles. The third-order valence-electron chi connectivity index (χ3n) is 3.20. The molecule has 2 aliphatic heterocycles. The number of hydrogen-bond acceptors (Lipinski definition) is 4. The van der Waals surface area contributed by atoms with E-state index in [1.807, 2.05) is 11.3 Å². The van der Waals surface area contributed by atoms with Gasteiger partial charge in [0, 0.05) is 12.2 Å². The monoisotopic (exact) mass is 216 g/mol. The molecule has 0 aromatic heterocycles. The number of benzene rings is 1. The fraction of sp³-hybridized carbons (Fsp3) is 0.417. The summed E-state index contributed by atoms with van der Waals surface area (Å²) in [4.78, 5) is 4.19. The van der Waals surface area contributed by atoms with E-state index < -0.39 is 0 Å². The zero-order valence-electron chi connectivity index (χ0n) is 9.45. The lowest BCUT2D eigenvalue weighted by Crippen LogP contribution is -2.26. The van der Waals surface area contributed by atoms with Gasteiger partial charge in [0.1, 0.15) is 6.34 Å². The summed E-state index contributed by atoms with van der Waals surface area (Å²) in [5.74, 6) is 0. The Labute approximate surface area is 95.3 Å². The van der Waals surface area contributed by atoms with Crippen LogP contribution in [0, 0.1) is 6.92 Å². The van der Waals surface area contributed by atoms with Crippen molar-refractivity contribution in [3.8, 4) is 0 Å². The molecule has 0 spiro atoms. The summed E-state index contributed by atoms with van der Waals surface area (Å²) in [6, 6.07) is 4.37. The number of fused-ring (bicyclic) bond motifs is 1. The van der Waals surface area contributed by atoms with Gasteiger partial charge in [-0.3, -0.25) is 15.4 Å². The van der Waals surface area contributed by atoms with Gasteiger partial charge in [-0.1, -0.05) is 6.07 Å². The smallest absolute Gasteiger partial charge is 0.104 e. The van der Waals surface area contributed by atoms with Crippen LogP contribution in [0.5, 0.6) is 0 Å². The minimum atomic E-state index is 0.884. The Balaban J connectivity index is 1.87. The Hall–Kier alpha value is -1.71. The van der Waals surface area contributed by atoms with Crippen LogP contribution in [-0.2, 0) is 6.42 Å². The minimum absolute atomic E-state index is 0.884. The van der Waals surface area contributed by atoms with Crippen molar-refractivity contribution in [2.45, 2.75) is 13.3 Å². The molecular weight excluding hydrogens is 200 g/mol. The molecule has 3 rings (SSSR count). The predicted molar refractivity (Wildman–Crippen MR) is 67.1 cm³/mol. The number of rotatable bonds is 2. The summed E-state index contributed by atoms with van der Waals surface area (Å²) in [6.45, 7) is 5.05. The number of hydrazine groups is 1. The molecule has 0 aliphatic carbocycles. The number of hydrogen-bond donors (Lipinski definition) is 2. The van der Waals surface area contributed by atoms with Crippen molar-refractivity contribution in [2.75, 3.05) is 30.4 Å². The van der Waals surface area contributed by atoms with Gasteiger partial charge in [-0.15, -0.1) is 0 Å². The maximum Gasteiger partial charge on any atom is 0.104 e. The second-order valence-electron chi connectivity index (χ2n) is 4.28. The molecule has 2 aliphatic rings. The van der Waals surface area contributed by atoms with Crippen LogP contribution in [0.4, 0.5) is 11.4 Å². The molecule has 0 bridgehead atoms. The highest BCUT2D eigenvalue weighted by Crippen LogP contribution is 2.31. The molecule has 0 amide bonds. The van der Waals surface area contributed by atoms with Crippen molar-refractivity contribution < 1.29 is 0 Å². The molecular formula is C12H16N4. The first-order chi connectivity index (χ1) is 7.84. The Morgan fingerprint density at radius 2 is 2.38 bits per heavy atom. The lowest BCUT2D eigenvalue weighted by atomic mass is 10.1. The summed E-state index contributed by atoms with van der Waals surface area (Å²) in [6.07, 6.45) is 3.00. The molecule has 4 heteroatoms. The first kappa shape index (κ1) is 9.51. The van der Waals surface area contributed by atoms with Gasteiger partial charge in [-0.2, -0.15) is 0 Å². The molecule has 2 N–H and O–H groups in total. The van der Waals surface area contributed by atoms with Crippen molar-refractivity contribution in [1.29, 1.82) is 0 Å². The maximum absolute atomic E-state index is 4.19. The van der Waals surface area contributed by atoms with E-state index in [-0.39, 0.29) is 0 Å². The molecule has 1 aromatic rings. The second kappa shape index (κ2) is 3.70. The van der Waals surface area contributed by atoms with E-state index in [2.05, 4.69) is 34.8 Å². The van der Waals surface area contributed by atoms with Crippen molar-refractivity contribution in [3.63, 3.8) is 0 Å². The quantitative estimate of drug-likeness (QED) is 0.789. The lowest BCUT2D eigenvalue weighted by Gasteiger charge is -2.20. The van der Waals surface area contributed by atoms with Crippen molar-refractivity contribution >= 4 is 17.7 Å². The van der Waals surface area contributed by atoms with Crippen LogP contribution in [-0.4, -0.2) is 31.0 Å². The Morgan fingerprint density at radius 3 is 3.19 bits per heavy atom. The molecule has 0 radical (unpaired) electrons. The largest absolute Gasteiger partial charge is 0.384 e. The van der Waals surface area contributed by atoms with Crippen LogP contribution >= 0.6 is 0 Å². The Bertz CT molecular complexity index is 439. The van der Waals surface area contributed by atoms with E-state index >= 15 is 0 Å². The summed E-state index contributed by atoms with van der Waals surface area (Å²) in [5.41, 5.74) is 8.59. The highest BCUT2D eigenvalue weighted by molar-refractivity contribution is 5.72. The minimum Gasteiger partial charge on any atom is -0.384 e. The molecule has 16 heavy (non-hydrogen) atoms. The van der Waals surface area contributed by atoms with E-state index in [4.69, 9.17) is 0 Å². The molecule has 0 unspecified atom stereocenters. The highest BCUT2D eigenvalue weighted by atomic mass is 15.5. The maximum atomic E-state index is 4.19. The van der Waals surface area contributed by atoms with Crippen LogP contribution in [0.1, 0.15) is 11.1 Å².